The molecule has 0 bridgehead atoms. The second-order valence-corrected chi connectivity index (χ2v) is 7.93. The molecule has 3 rings (SSSR count). The monoisotopic (exact) mass is 374 g/mol. The maximum absolute atomic E-state index is 12.7. The van der Waals surface area contributed by atoms with E-state index in [1.54, 1.807) is 0 Å². The Morgan fingerprint density at radius 1 is 1.04 bits per heavy atom. The topological polar surface area (TPSA) is 48.1 Å². The molecule has 0 unspecified atom stereocenters. The standard InChI is InChI=1S/C21H34N4O2/c1-18(2)16-20(24-12-14-27-15-13-24)17-22-21(26)25-10-8-23(9-11-25)19-6-4-3-5-7-19/h3-7,18,20H,8-17H2,1-2H3,(H,22,26)/t20-/m0/s1. The van der Waals surface area contributed by atoms with Gasteiger partial charge < -0.3 is 19.9 Å². The molecule has 1 atom stereocenters. The highest BCUT2D eigenvalue weighted by atomic mass is 16.5. The molecule has 0 aromatic heterocycles. The third-order valence-corrected chi connectivity index (χ3v) is 5.48. The van der Waals surface area contributed by atoms with Crippen molar-refractivity contribution in [2.45, 2.75) is 26.3 Å². The second kappa shape index (κ2) is 9.95. The normalized spacial score (nSPS) is 20.0. The van der Waals surface area contributed by atoms with Gasteiger partial charge in [0.15, 0.2) is 0 Å². The van der Waals surface area contributed by atoms with Gasteiger partial charge >= 0.3 is 6.03 Å². The van der Waals surface area contributed by atoms with Crippen LogP contribution in [0.4, 0.5) is 10.5 Å². The van der Waals surface area contributed by atoms with Gasteiger partial charge in [0.25, 0.3) is 0 Å². The molecule has 1 N–H and O–H groups in total. The van der Waals surface area contributed by atoms with E-state index in [1.807, 2.05) is 11.0 Å². The van der Waals surface area contributed by atoms with Crippen LogP contribution in [0.2, 0.25) is 0 Å². The number of hydrogen-bond donors (Lipinski definition) is 1. The van der Waals surface area contributed by atoms with Gasteiger partial charge in [-0.05, 0) is 24.5 Å². The lowest BCUT2D eigenvalue weighted by Crippen LogP contribution is -2.55. The maximum Gasteiger partial charge on any atom is 0.317 e. The minimum Gasteiger partial charge on any atom is -0.379 e. The zero-order valence-electron chi connectivity index (χ0n) is 16.8. The van der Waals surface area contributed by atoms with Gasteiger partial charge in [-0.2, -0.15) is 0 Å². The van der Waals surface area contributed by atoms with Crippen LogP contribution >= 0.6 is 0 Å². The Morgan fingerprint density at radius 2 is 1.70 bits per heavy atom. The molecule has 0 radical (unpaired) electrons. The van der Waals surface area contributed by atoms with Crippen molar-refractivity contribution < 1.29 is 9.53 Å². The van der Waals surface area contributed by atoms with Crippen LogP contribution in [0.15, 0.2) is 30.3 Å². The number of carbonyl (C=O) groups is 1. The minimum atomic E-state index is 0.0738. The quantitative estimate of drug-likeness (QED) is 0.830. The summed E-state index contributed by atoms with van der Waals surface area (Å²) in [6, 6.07) is 10.9. The van der Waals surface area contributed by atoms with E-state index in [1.165, 1.54) is 5.69 Å². The van der Waals surface area contributed by atoms with Crippen LogP contribution in [0.5, 0.6) is 0 Å². The first-order chi connectivity index (χ1) is 13.1. The molecule has 2 amide bonds. The summed E-state index contributed by atoms with van der Waals surface area (Å²) in [7, 11) is 0. The number of rotatable bonds is 6. The molecule has 0 aliphatic carbocycles. The fourth-order valence-electron chi connectivity index (χ4n) is 3.97. The average Bonchev–Trinajstić information content (AvgIpc) is 2.72. The van der Waals surface area contributed by atoms with Crippen LogP contribution in [0.3, 0.4) is 0 Å². The lowest BCUT2D eigenvalue weighted by Gasteiger charge is -2.38. The van der Waals surface area contributed by atoms with Crippen molar-refractivity contribution in [3.05, 3.63) is 30.3 Å². The smallest absolute Gasteiger partial charge is 0.317 e. The number of anilines is 1. The number of urea groups is 1. The van der Waals surface area contributed by atoms with E-state index in [0.29, 0.717) is 12.0 Å². The molecule has 150 valence electrons. The summed E-state index contributed by atoms with van der Waals surface area (Å²) in [5, 5.41) is 3.20. The van der Waals surface area contributed by atoms with Crippen LogP contribution < -0.4 is 10.2 Å². The highest BCUT2D eigenvalue weighted by molar-refractivity contribution is 5.74. The van der Waals surface area contributed by atoms with E-state index in [0.717, 1.165) is 65.4 Å². The number of para-hydroxylation sites is 1. The molecule has 0 saturated carbocycles. The predicted octanol–water partition coefficient (Wildman–Crippen LogP) is 2.27. The van der Waals surface area contributed by atoms with Crippen LogP contribution in [-0.2, 0) is 4.74 Å². The average molecular weight is 375 g/mol. The summed E-state index contributed by atoms with van der Waals surface area (Å²) in [5.41, 5.74) is 1.24. The minimum absolute atomic E-state index is 0.0738. The molecule has 6 heteroatoms. The lowest BCUT2D eigenvalue weighted by atomic mass is 10.0. The number of ether oxygens (including phenoxy) is 1. The van der Waals surface area contributed by atoms with Crippen molar-refractivity contribution in [1.82, 2.24) is 15.1 Å². The number of nitrogens with zero attached hydrogens (tertiary/aromatic N) is 3. The molecule has 1 aromatic rings. The summed E-state index contributed by atoms with van der Waals surface area (Å²) in [5.74, 6) is 0.615. The first-order valence-electron chi connectivity index (χ1n) is 10.3. The second-order valence-electron chi connectivity index (χ2n) is 7.93. The molecule has 2 heterocycles. The highest BCUT2D eigenvalue weighted by Gasteiger charge is 2.25. The van der Waals surface area contributed by atoms with Crippen LogP contribution in [0.25, 0.3) is 0 Å². The van der Waals surface area contributed by atoms with E-state index >= 15 is 0 Å². The van der Waals surface area contributed by atoms with Gasteiger partial charge in [0.1, 0.15) is 0 Å². The Labute approximate surface area is 163 Å². The zero-order valence-corrected chi connectivity index (χ0v) is 16.8. The molecule has 2 saturated heterocycles. The Bertz CT molecular complexity index is 567. The van der Waals surface area contributed by atoms with Crippen molar-refractivity contribution in [1.29, 1.82) is 0 Å². The van der Waals surface area contributed by atoms with Crippen LogP contribution in [-0.4, -0.2) is 80.9 Å². The fourth-order valence-corrected chi connectivity index (χ4v) is 3.97. The predicted molar refractivity (Wildman–Crippen MR) is 109 cm³/mol. The molecular weight excluding hydrogens is 340 g/mol. The van der Waals surface area contributed by atoms with Crippen molar-refractivity contribution in [2.24, 2.45) is 5.92 Å². The molecule has 2 fully saturated rings. The van der Waals surface area contributed by atoms with Gasteiger partial charge in [-0.25, -0.2) is 4.79 Å². The molecule has 2 aliphatic rings. The van der Waals surface area contributed by atoms with Crippen LogP contribution in [0, 0.1) is 5.92 Å². The largest absolute Gasteiger partial charge is 0.379 e. The number of morpholine rings is 1. The molecular formula is C21H34N4O2. The van der Waals surface area contributed by atoms with Gasteiger partial charge in [0.2, 0.25) is 0 Å². The Hall–Kier alpha value is -1.79. The number of carbonyl (C=O) groups excluding carboxylic acids is 1. The Balaban J connectivity index is 1.46. The van der Waals surface area contributed by atoms with Gasteiger partial charge in [0, 0.05) is 57.5 Å². The number of hydrogen-bond acceptors (Lipinski definition) is 4. The van der Waals surface area contributed by atoms with E-state index in [2.05, 4.69) is 53.2 Å². The molecule has 0 spiro atoms. The zero-order chi connectivity index (χ0) is 19.1. The third kappa shape index (κ3) is 5.84. The maximum atomic E-state index is 12.7. The van der Waals surface area contributed by atoms with Crippen LogP contribution in [0.1, 0.15) is 20.3 Å². The highest BCUT2D eigenvalue weighted by Crippen LogP contribution is 2.16. The van der Waals surface area contributed by atoms with E-state index < -0.39 is 0 Å². The number of amides is 2. The van der Waals surface area contributed by atoms with Crippen molar-refractivity contribution in [3.8, 4) is 0 Å². The summed E-state index contributed by atoms with van der Waals surface area (Å²) < 4.78 is 5.48. The van der Waals surface area contributed by atoms with Gasteiger partial charge in [-0.3, -0.25) is 4.90 Å². The molecule has 1 aromatic carbocycles. The number of benzene rings is 1. The third-order valence-electron chi connectivity index (χ3n) is 5.48. The van der Waals surface area contributed by atoms with Crippen molar-refractivity contribution >= 4 is 11.7 Å². The first kappa shape index (κ1) is 20.0. The number of nitrogens with one attached hydrogen (secondary N) is 1. The first-order valence-corrected chi connectivity index (χ1v) is 10.3. The molecule has 27 heavy (non-hydrogen) atoms. The number of piperazine rings is 1. The molecule has 6 nitrogen and oxygen atoms in total. The SMILES string of the molecule is CC(C)C[C@@H](CNC(=O)N1CCN(c2ccccc2)CC1)N1CCOCC1. The van der Waals surface area contributed by atoms with E-state index in [9.17, 15) is 4.79 Å². The van der Waals surface area contributed by atoms with Gasteiger partial charge in [-0.1, -0.05) is 32.0 Å². The summed E-state index contributed by atoms with van der Waals surface area (Å²) in [6.07, 6.45) is 1.10. The fraction of sp³-hybridized carbons (Fsp3) is 0.667. The molecule has 2 aliphatic heterocycles. The Kier molecular flexibility index (Phi) is 7.35. The summed E-state index contributed by atoms with van der Waals surface area (Å²) >= 11 is 0. The van der Waals surface area contributed by atoms with Crippen molar-refractivity contribution in [3.63, 3.8) is 0 Å². The Morgan fingerprint density at radius 3 is 2.33 bits per heavy atom. The van der Waals surface area contributed by atoms with Gasteiger partial charge in [0.05, 0.1) is 13.2 Å². The van der Waals surface area contributed by atoms with Crippen molar-refractivity contribution in [2.75, 3.05) is 63.9 Å². The summed E-state index contributed by atoms with van der Waals surface area (Å²) in [6.45, 7) is 12.0. The summed E-state index contributed by atoms with van der Waals surface area (Å²) in [4.78, 5) is 19.4. The van der Waals surface area contributed by atoms with E-state index in [4.69, 9.17) is 4.74 Å². The van der Waals surface area contributed by atoms with E-state index in [-0.39, 0.29) is 6.03 Å². The lowest BCUT2D eigenvalue weighted by molar-refractivity contribution is 0.0127. The van der Waals surface area contributed by atoms with Gasteiger partial charge in [-0.15, -0.1) is 0 Å².